The molecule has 0 saturated heterocycles. The first kappa shape index (κ1) is 10.0. The van der Waals surface area contributed by atoms with E-state index in [2.05, 4.69) is 23.5 Å². The third-order valence-electron chi connectivity index (χ3n) is 0.459. The summed E-state index contributed by atoms with van der Waals surface area (Å²) in [6.45, 7) is 3.48. The second-order valence-corrected chi connectivity index (χ2v) is 10.7. The second kappa shape index (κ2) is 4.77. The molecule has 0 rings (SSSR count). The predicted octanol–water partition coefficient (Wildman–Crippen LogP) is 2.55. The summed E-state index contributed by atoms with van der Waals surface area (Å²) in [5, 5.41) is 8.13. The highest BCUT2D eigenvalue weighted by Gasteiger charge is 2.09. The molecule has 1 atom stereocenters. The van der Waals surface area contributed by atoms with Crippen molar-refractivity contribution in [2.75, 3.05) is 5.75 Å². The first-order valence-electron chi connectivity index (χ1n) is 2.04. The van der Waals surface area contributed by atoms with Crippen molar-refractivity contribution in [1.82, 2.24) is 0 Å². The molecule has 0 fully saturated rings. The maximum absolute atomic E-state index is 8.13. The minimum atomic E-state index is -2.26. The average Bonchev–Trinajstić information content (AvgIpc) is 1.84. The van der Waals surface area contributed by atoms with E-state index in [0.717, 1.165) is 0 Å². The van der Waals surface area contributed by atoms with Gasteiger partial charge >= 0.3 is 0 Å². The zero-order valence-corrected chi connectivity index (χ0v) is 7.98. The number of thiol groups is 1. The molecule has 1 unspecified atom stereocenters. The topological polar surface area (TPSA) is 29.5 Å². The molecule has 0 saturated carbocycles. The third kappa shape index (κ3) is 5.45. The number of hydrogen-bond donors (Lipinski definition) is 2. The first-order valence-corrected chi connectivity index (χ1v) is 7.50. The van der Waals surface area contributed by atoms with Gasteiger partial charge in [0.2, 0.25) is 4.67 Å². The van der Waals surface area contributed by atoms with E-state index in [1.807, 2.05) is 0 Å². The van der Waals surface area contributed by atoms with Crippen LogP contribution in [0.1, 0.15) is 0 Å². The molecule has 0 aliphatic carbocycles. The van der Waals surface area contributed by atoms with Crippen LogP contribution in [0.15, 0.2) is 12.7 Å². The van der Waals surface area contributed by atoms with Gasteiger partial charge < -0.3 is 0 Å². The van der Waals surface area contributed by atoms with Crippen molar-refractivity contribution >= 4 is 40.1 Å². The summed E-state index contributed by atoms with van der Waals surface area (Å²) in [5.74, 6) is 0.654. The lowest BCUT2D eigenvalue weighted by atomic mass is 10.8. The first-order chi connectivity index (χ1) is 4.12. The van der Waals surface area contributed by atoms with Crippen molar-refractivity contribution in [3.8, 4) is 0 Å². The van der Waals surface area contributed by atoms with Crippen LogP contribution in [0.5, 0.6) is 0 Å². The Hall–Kier alpha value is 1.01. The highest BCUT2D eigenvalue weighted by atomic mass is 33.2. The predicted molar refractivity (Wildman–Crippen MR) is 49.6 cm³/mol. The number of rotatable bonds is 4. The van der Waals surface area contributed by atoms with Crippen LogP contribution in [0.2, 0.25) is 0 Å². The summed E-state index contributed by atoms with van der Waals surface area (Å²) in [7, 11) is 0. The van der Waals surface area contributed by atoms with Crippen molar-refractivity contribution < 1.29 is 9.93 Å². The van der Waals surface area contributed by atoms with Gasteiger partial charge in [-0.2, -0.15) is 4.67 Å². The SMILES string of the molecule is C=CCSP(=S)(S)OO. The van der Waals surface area contributed by atoms with E-state index in [4.69, 9.17) is 17.1 Å². The Balaban J connectivity index is 3.58. The van der Waals surface area contributed by atoms with Crippen LogP contribution >= 0.6 is 28.3 Å². The van der Waals surface area contributed by atoms with E-state index in [1.165, 1.54) is 11.4 Å². The van der Waals surface area contributed by atoms with Crippen molar-refractivity contribution in [3.05, 3.63) is 12.7 Å². The molecule has 6 heteroatoms. The van der Waals surface area contributed by atoms with E-state index in [9.17, 15) is 0 Å². The molecule has 0 radical (unpaired) electrons. The summed E-state index contributed by atoms with van der Waals surface area (Å²) >= 11 is 9.90. The van der Waals surface area contributed by atoms with E-state index in [-0.39, 0.29) is 0 Å². The van der Waals surface area contributed by atoms with E-state index in [0.29, 0.717) is 5.75 Å². The van der Waals surface area contributed by atoms with Gasteiger partial charge in [0.1, 0.15) is 0 Å². The molecule has 0 bridgehead atoms. The van der Waals surface area contributed by atoms with Gasteiger partial charge in [0, 0.05) is 5.75 Å². The Morgan fingerprint density at radius 1 is 2.00 bits per heavy atom. The minimum Gasteiger partial charge on any atom is -0.246 e. The molecule has 9 heavy (non-hydrogen) atoms. The lowest BCUT2D eigenvalue weighted by Gasteiger charge is -2.06. The molecule has 0 heterocycles. The highest BCUT2D eigenvalue weighted by molar-refractivity contribution is 8.95. The molecule has 0 aromatic carbocycles. The monoisotopic (exact) mass is 202 g/mol. The van der Waals surface area contributed by atoms with Crippen molar-refractivity contribution in [2.45, 2.75) is 0 Å². The van der Waals surface area contributed by atoms with Crippen molar-refractivity contribution in [3.63, 3.8) is 0 Å². The summed E-state index contributed by atoms with van der Waals surface area (Å²) in [6, 6.07) is 0. The fourth-order valence-electron chi connectivity index (χ4n) is 0.170. The summed E-state index contributed by atoms with van der Waals surface area (Å²) in [6.07, 6.45) is 1.68. The number of hydrogen-bond acceptors (Lipinski definition) is 4. The van der Waals surface area contributed by atoms with Crippen LogP contribution in [-0.4, -0.2) is 11.0 Å². The van der Waals surface area contributed by atoms with Gasteiger partial charge in [0.25, 0.3) is 0 Å². The van der Waals surface area contributed by atoms with Gasteiger partial charge in [-0.1, -0.05) is 17.5 Å². The van der Waals surface area contributed by atoms with Crippen LogP contribution in [-0.2, 0) is 16.5 Å². The third-order valence-corrected chi connectivity index (χ3v) is 5.41. The molecule has 0 aromatic rings. The highest BCUT2D eigenvalue weighted by Crippen LogP contribution is 2.63. The minimum absolute atomic E-state index is 0.654. The molecular formula is C3H7O2PS3. The molecule has 0 amide bonds. The van der Waals surface area contributed by atoms with Gasteiger partial charge in [0.15, 0.2) is 0 Å². The Morgan fingerprint density at radius 3 is 2.89 bits per heavy atom. The van der Waals surface area contributed by atoms with Gasteiger partial charge in [-0.05, 0) is 11.8 Å². The van der Waals surface area contributed by atoms with Crippen LogP contribution in [0.4, 0.5) is 0 Å². The molecule has 0 aliphatic heterocycles. The largest absolute Gasteiger partial charge is 0.246 e. The fraction of sp³-hybridized carbons (Fsp3) is 0.333. The van der Waals surface area contributed by atoms with Crippen molar-refractivity contribution in [1.29, 1.82) is 0 Å². The molecule has 1 N–H and O–H groups in total. The van der Waals surface area contributed by atoms with Gasteiger partial charge in [-0.3, -0.25) is 0 Å². The maximum atomic E-state index is 8.13. The second-order valence-electron chi connectivity index (χ2n) is 1.13. The molecule has 2 nitrogen and oxygen atoms in total. The standard InChI is InChI=1S/C3H7O2PS3/c1-2-3-9-6(7,8)5-4/h2,4H,1,3H2,(H,7,8). The average molecular weight is 202 g/mol. The maximum Gasteiger partial charge on any atom is 0.207 e. The smallest absolute Gasteiger partial charge is 0.207 e. The molecule has 0 spiro atoms. The van der Waals surface area contributed by atoms with E-state index >= 15 is 0 Å². The van der Waals surface area contributed by atoms with Gasteiger partial charge in [-0.25, -0.2) is 5.26 Å². The molecule has 0 aliphatic rings. The van der Waals surface area contributed by atoms with Gasteiger partial charge in [-0.15, -0.1) is 18.8 Å². The Bertz CT molecular complexity index is 137. The fourth-order valence-corrected chi connectivity index (χ4v) is 2.68. The normalized spacial score (nSPS) is 16.7. The molecular weight excluding hydrogens is 195 g/mol. The Morgan fingerprint density at radius 2 is 2.56 bits per heavy atom. The summed E-state index contributed by atoms with van der Waals surface area (Å²) in [5.41, 5.74) is 0. The summed E-state index contributed by atoms with van der Waals surface area (Å²) < 4.78 is 1.68. The van der Waals surface area contributed by atoms with E-state index < -0.39 is 4.67 Å². The van der Waals surface area contributed by atoms with Crippen LogP contribution in [0.3, 0.4) is 0 Å². The van der Waals surface area contributed by atoms with Crippen molar-refractivity contribution in [2.24, 2.45) is 0 Å². The Kier molecular flexibility index (Phi) is 5.30. The lowest BCUT2D eigenvalue weighted by molar-refractivity contribution is -0.122. The lowest BCUT2D eigenvalue weighted by Crippen LogP contribution is -1.72. The van der Waals surface area contributed by atoms with Gasteiger partial charge in [0.05, 0.1) is 0 Å². The van der Waals surface area contributed by atoms with Crippen LogP contribution < -0.4 is 0 Å². The quantitative estimate of drug-likeness (QED) is 0.241. The van der Waals surface area contributed by atoms with E-state index in [1.54, 1.807) is 6.08 Å². The van der Waals surface area contributed by atoms with Crippen LogP contribution in [0.25, 0.3) is 0 Å². The summed E-state index contributed by atoms with van der Waals surface area (Å²) in [4.78, 5) is 0. The zero-order chi connectivity index (χ0) is 7.33. The zero-order valence-electron chi connectivity index (χ0n) is 4.56. The molecule has 54 valence electrons. The van der Waals surface area contributed by atoms with Crippen LogP contribution in [0, 0.1) is 0 Å². The Labute approximate surface area is 68.6 Å². The molecule has 0 aromatic heterocycles.